The maximum atomic E-state index is 5.46. The molecule has 2 heteroatoms. The van der Waals surface area contributed by atoms with Gasteiger partial charge in [-0.3, -0.25) is 0 Å². The fraction of sp³-hybridized carbons (Fsp3) is 0.750. The van der Waals surface area contributed by atoms with E-state index < -0.39 is 0 Å². The fourth-order valence-corrected chi connectivity index (χ4v) is 1.39. The Hall–Kier alpha value is 0.310. The minimum absolute atomic E-state index is 0.384. The third kappa shape index (κ3) is 0.884. The summed E-state index contributed by atoms with van der Waals surface area (Å²) in [6.07, 6.45) is 1.17. The van der Waals surface area contributed by atoms with Gasteiger partial charge in [-0.15, -0.1) is 0 Å². The molecule has 6 heavy (non-hydrogen) atoms. The van der Waals surface area contributed by atoms with Gasteiger partial charge in [-0.1, -0.05) is 0 Å². The summed E-state index contributed by atoms with van der Waals surface area (Å²) in [5.41, 5.74) is 5.46. The zero-order chi connectivity index (χ0) is 4.41. The second kappa shape index (κ2) is 1.85. The lowest BCUT2D eigenvalue weighted by molar-refractivity contribution is 0.800. The lowest BCUT2D eigenvalue weighted by atomic mass is 10.3. The van der Waals surface area contributed by atoms with Gasteiger partial charge in [-0.05, 0) is 12.2 Å². The van der Waals surface area contributed by atoms with Crippen molar-refractivity contribution in [1.29, 1.82) is 0 Å². The topological polar surface area (TPSA) is 26.0 Å². The standard InChI is InChI=1S/C4H8NS/c5-4-1-2-6-3-4/h3-4H,1-2,5H2. The van der Waals surface area contributed by atoms with Crippen LogP contribution in [0.25, 0.3) is 0 Å². The molecule has 0 bridgehead atoms. The Bertz CT molecular complexity index is 40.8. The first-order valence-corrected chi connectivity index (χ1v) is 3.15. The Morgan fingerprint density at radius 2 is 2.67 bits per heavy atom. The first-order valence-electron chi connectivity index (χ1n) is 2.10. The zero-order valence-electron chi connectivity index (χ0n) is 3.55. The summed E-state index contributed by atoms with van der Waals surface area (Å²) in [4.78, 5) is 0. The molecule has 0 aromatic heterocycles. The molecular weight excluding hydrogens is 94.1 g/mol. The van der Waals surface area contributed by atoms with Crippen molar-refractivity contribution in [3.05, 3.63) is 5.75 Å². The molecule has 0 aromatic rings. The predicted octanol–water partition coefficient (Wildman–Crippen LogP) is 0.612. The van der Waals surface area contributed by atoms with E-state index in [1.54, 1.807) is 0 Å². The number of nitrogens with two attached hydrogens (primary N) is 1. The van der Waals surface area contributed by atoms with Crippen LogP contribution in [0.5, 0.6) is 0 Å². The molecule has 0 amide bonds. The highest BCUT2D eigenvalue weighted by Gasteiger charge is 2.08. The van der Waals surface area contributed by atoms with Crippen molar-refractivity contribution >= 4 is 11.8 Å². The van der Waals surface area contributed by atoms with Crippen LogP contribution in [0, 0.1) is 5.75 Å². The van der Waals surface area contributed by atoms with Crippen LogP contribution in [0.2, 0.25) is 0 Å². The summed E-state index contributed by atoms with van der Waals surface area (Å²) >= 11 is 1.83. The van der Waals surface area contributed by atoms with Gasteiger partial charge < -0.3 is 5.73 Å². The van der Waals surface area contributed by atoms with Crippen LogP contribution in [0.1, 0.15) is 6.42 Å². The zero-order valence-corrected chi connectivity index (χ0v) is 4.37. The molecule has 1 nitrogen and oxygen atoms in total. The average molecular weight is 102 g/mol. The van der Waals surface area contributed by atoms with E-state index in [9.17, 15) is 0 Å². The summed E-state index contributed by atoms with van der Waals surface area (Å²) in [7, 11) is 0. The monoisotopic (exact) mass is 102 g/mol. The Balaban J connectivity index is 2.18. The Morgan fingerprint density at radius 3 is 2.83 bits per heavy atom. The molecule has 1 radical (unpaired) electrons. The molecule has 0 aromatic carbocycles. The lowest BCUT2D eigenvalue weighted by Crippen LogP contribution is -2.13. The van der Waals surface area contributed by atoms with E-state index in [0.29, 0.717) is 6.04 Å². The number of thioether (sulfide) groups is 1. The van der Waals surface area contributed by atoms with Crippen LogP contribution in [-0.2, 0) is 0 Å². The van der Waals surface area contributed by atoms with Gasteiger partial charge >= 0.3 is 0 Å². The molecule has 0 saturated carbocycles. The van der Waals surface area contributed by atoms with Gasteiger partial charge in [0.15, 0.2) is 0 Å². The van der Waals surface area contributed by atoms with Crippen LogP contribution in [0.4, 0.5) is 0 Å². The maximum absolute atomic E-state index is 5.46. The Labute approximate surface area is 42.3 Å². The van der Waals surface area contributed by atoms with Gasteiger partial charge in [0.25, 0.3) is 0 Å². The van der Waals surface area contributed by atoms with Gasteiger partial charge in [0, 0.05) is 11.8 Å². The second-order valence-electron chi connectivity index (χ2n) is 1.46. The van der Waals surface area contributed by atoms with E-state index in [1.165, 1.54) is 12.2 Å². The molecule has 1 heterocycles. The van der Waals surface area contributed by atoms with E-state index in [0.717, 1.165) is 0 Å². The van der Waals surface area contributed by atoms with Crippen LogP contribution in [0.3, 0.4) is 0 Å². The third-order valence-corrected chi connectivity index (χ3v) is 1.85. The SMILES string of the molecule is NC1[CH]SCC1. The van der Waals surface area contributed by atoms with Crippen molar-refractivity contribution in [3.8, 4) is 0 Å². The van der Waals surface area contributed by atoms with E-state index in [2.05, 4.69) is 5.75 Å². The molecule has 1 rings (SSSR count). The van der Waals surface area contributed by atoms with Crippen molar-refractivity contribution in [3.63, 3.8) is 0 Å². The molecule has 0 spiro atoms. The Kier molecular flexibility index (Phi) is 1.37. The summed E-state index contributed by atoms with van der Waals surface area (Å²) < 4.78 is 0. The number of rotatable bonds is 0. The largest absolute Gasteiger partial charge is 0.327 e. The van der Waals surface area contributed by atoms with E-state index in [1.807, 2.05) is 11.8 Å². The molecule has 1 atom stereocenters. The van der Waals surface area contributed by atoms with Crippen LogP contribution >= 0.6 is 11.8 Å². The summed E-state index contributed by atoms with van der Waals surface area (Å²) in [6.45, 7) is 0. The highest BCUT2D eigenvalue weighted by atomic mass is 32.2. The van der Waals surface area contributed by atoms with Crippen molar-refractivity contribution < 1.29 is 0 Å². The highest BCUT2D eigenvalue weighted by Crippen LogP contribution is 2.19. The minimum atomic E-state index is 0.384. The Morgan fingerprint density at radius 1 is 1.83 bits per heavy atom. The van der Waals surface area contributed by atoms with E-state index in [-0.39, 0.29) is 0 Å². The lowest BCUT2D eigenvalue weighted by Gasteiger charge is -1.90. The molecule has 1 fully saturated rings. The number of hydrogen-bond acceptors (Lipinski definition) is 2. The molecule has 1 saturated heterocycles. The predicted molar refractivity (Wildman–Crippen MR) is 29.4 cm³/mol. The molecule has 1 aliphatic heterocycles. The van der Waals surface area contributed by atoms with Crippen molar-refractivity contribution in [2.75, 3.05) is 5.75 Å². The van der Waals surface area contributed by atoms with Crippen LogP contribution in [0.15, 0.2) is 0 Å². The van der Waals surface area contributed by atoms with Gasteiger partial charge in [0.2, 0.25) is 0 Å². The van der Waals surface area contributed by atoms with E-state index >= 15 is 0 Å². The summed E-state index contributed by atoms with van der Waals surface area (Å²) in [5.74, 6) is 3.32. The quantitative estimate of drug-likeness (QED) is 0.485. The van der Waals surface area contributed by atoms with Gasteiger partial charge in [0.1, 0.15) is 0 Å². The first-order chi connectivity index (χ1) is 2.89. The highest BCUT2D eigenvalue weighted by molar-refractivity contribution is 8.01. The average Bonchev–Trinajstić information content (AvgIpc) is 1.86. The van der Waals surface area contributed by atoms with Gasteiger partial charge in [-0.25, -0.2) is 0 Å². The minimum Gasteiger partial charge on any atom is -0.327 e. The first kappa shape index (κ1) is 4.47. The number of hydrogen-bond donors (Lipinski definition) is 1. The maximum Gasteiger partial charge on any atom is 0.0333 e. The van der Waals surface area contributed by atoms with Crippen molar-refractivity contribution in [2.24, 2.45) is 5.73 Å². The normalized spacial score (nSPS) is 34.5. The molecule has 1 unspecified atom stereocenters. The van der Waals surface area contributed by atoms with Crippen molar-refractivity contribution in [2.45, 2.75) is 12.5 Å². The molecule has 0 aliphatic carbocycles. The summed E-state index contributed by atoms with van der Waals surface area (Å²) in [5, 5.41) is 0. The van der Waals surface area contributed by atoms with Crippen LogP contribution in [-0.4, -0.2) is 11.8 Å². The van der Waals surface area contributed by atoms with Gasteiger partial charge in [0.05, 0.1) is 0 Å². The van der Waals surface area contributed by atoms with Crippen LogP contribution < -0.4 is 5.73 Å². The third-order valence-electron chi connectivity index (χ3n) is 0.840. The van der Waals surface area contributed by atoms with Gasteiger partial charge in [-0.2, -0.15) is 11.8 Å². The molecule has 1 aliphatic rings. The molecular formula is C4H8NS. The second-order valence-corrected chi connectivity index (χ2v) is 2.47. The van der Waals surface area contributed by atoms with Crippen molar-refractivity contribution in [1.82, 2.24) is 0 Å². The fourth-order valence-electron chi connectivity index (χ4n) is 0.464. The molecule has 2 N–H and O–H groups in total. The molecule has 35 valence electrons. The summed E-state index contributed by atoms with van der Waals surface area (Å²) in [6, 6.07) is 0.384. The smallest absolute Gasteiger partial charge is 0.0333 e. The van der Waals surface area contributed by atoms with E-state index in [4.69, 9.17) is 5.73 Å².